The summed E-state index contributed by atoms with van der Waals surface area (Å²) in [6.07, 6.45) is 1.21. The molecule has 180 valence electrons. The lowest BCUT2D eigenvalue weighted by Crippen LogP contribution is -2.31. The van der Waals surface area contributed by atoms with Crippen LogP contribution in [0.5, 0.6) is 0 Å². The average Bonchev–Trinajstić information content (AvgIpc) is 3.70. The summed E-state index contributed by atoms with van der Waals surface area (Å²) in [5.41, 5.74) is 7.33. The van der Waals surface area contributed by atoms with Crippen molar-refractivity contribution in [3.05, 3.63) is 104 Å². The molecule has 0 bridgehead atoms. The third kappa shape index (κ3) is 4.60. The fourth-order valence-corrected chi connectivity index (χ4v) is 5.24. The summed E-state index contributed by atoms with van der Waals surface area (Å²) in [6, 6.07) is 13.9. The van der Waals surface area contributed by atoms with E-state index in [0.717, 1.165) is 11.4 Å². The number of imide groups is 2. The quantitative estimate of drug-likeness (QED) is 0.360. The number of rotatable bonds is 6. The van der Waals surface area contributed by atoms with Gasteiger partial charge in [0.15, 0.2) is 0 Å². The van der Waals surface area contributed by atoms with Crippen molar-refractivity contribution in [2.45, 2.75) is 12.8 Å². The van der Waals surface area contributed by atoms with Crippen molar-refractivity contribution in [2.24, 2.45) is 0 Å². The Morgan fingerprint density at radius 2 is 0.889 bits per heavy atom. The zero-order chi connectivity index (χ0) is 25.1. The maximum Gasteiger partial charge on any atom is 0.261 e. The van der Waals surface area contributed by atoms with Crippen LogP contribution in [0, 0.1) is 0 Å². The molecular weight excluding hydrogens is 496 g/mol. The number of fused-ring (bicyclic) bond motifs is 2. The molecule has 4 heterocycles. The first kappa shape index (κ1) is 23.7. The molecule has 2 aliphatic rings. The van der Waals surface area contributed by atoms with E-state index in [1.807, 2.05) is 10.8 Å². The minimum absolute atomic E-state index is 0.203. The van der Waals surface area contributed by atoms with Crippen molar-refractivity contribution >= 4 is 46.3 Å². The summed E-state index contributed by atoms with van der Waals surface area (Å²) in [7, 11) is 0. The largest absolute Gasteiger partial charge is 0.274 e. The van der Waals surface area contributed by atoms with Gasteiger partial charge < -0.3 is 0 Å². The van der Waals surface area contributed by atoms with Crippen LogP contribution in [0.1, 0.15) is 52.8 Å². The summed E-state index contributed by atoms with van der Waals surface area (Å²) in [5, 5.41) is 3.86. The van der Waals surface area contributed by atoms with Crippen LogP contribution < -0.4 is 0 Å². The Morgan fingerprint density at radius 3 is 1.17 bits per heavy atom. The molecule has 0 fully saturated rings. The molecule has 4 amide bonds. The second kappa shape index (κ2) is 10.3. The smallest absolute Gasteiger partial charge is 0.261 e. The summed E-state index contributed by atoms with van der Waals surface area (Å²) in [4.78, 5) is 59.1. The van der Waals surface area contributed by atoms with Crippen molar-refractivity contribution in [1.29, 1.82) is 0 Å². The Morgan fingerprint density at radius 1 is 0.556 bits per heavy atom. The SMILES string of the molecule is O=C1c2ccccc2C(=O)N1CCc1cscn1.O=C1c2ccccc2C(=O)N1CCc1cscn1. The highest BCUT2D eigenvalue weighted by atomic mass is 32.1. The van der Waals surface area contributed by atoms with Crippen LogP contribution in [0.2, 0.25) is 0 Å². The van der Waals surface area contributed by atoms with Gasteiger partial charge in [-0.1, -0.05) is 24.3 Å². The minimum atomic E-state index is -0.203. The first-order valence-electron chi connectivity index (χ1n) is 11.2. The Balaban J connectivity index is 0.000000148. The van der Waals surface area contributed by atoms with Crippen LogP contribution in [0.25, 0.3) is 0 Å². The van der Waals surface area contributed by atoms with Crippen molar-refractivity contribution < 1.29 is 19.2 Å². The highest BCUT2D eigenvalue weighted by Gasteiger charge is 2.35. The molecule has 36 heavy (non-hydrogen) atoms. The molecule has 6 rings (SSSR count). The molecule has 8 nitrogen and oxygen atoms in total. The van der Waals surface area contributed by atoms with Gasteiger partial charge in [-0.05, 0) is 24.3 Å². The number of carbonyl (C=O) groups excluding carboxylic acids is 4. The summed E-state index contributed by atoms with van der Waals surface area (Å²) < 4.78 is 0. The van der Waals surface area contributed by atoms with Crippen molar-refractivity contribution in [1.82, 2.24) is 19.8 Å². The van der Waals surface area contributed by atoms with Gasteiger partial charge in [0, 0.05) is 36.7 Å². The molecule has 4 aromatic rings. The lowest BCUT2D eigenvalue weighted by Gasteiger charge is -2.12. The number of amides is 4. The third-order valence-corrected chi connectivity index (χ3v) is 7.18. The maximum absolute atomic E-state index is 12.1. The van der Waals surface area contributed by atoms with Gasteiger partial charge in [-0.15, -0.1) is 22.7 Å². The van der Waals surface area contributed by atoms with Gasteiger partial charge in [0.25, 0.3) is 23.6 Å². The van der Waals surface area contributed by atoms with Crippen LogP contribution in [0.4, 0.5) is 0 Å². The van der Waals surface area contributed by atoms with E-state index in [1.54, 1.807) is 59.6 Å². The van der Waals surface area contributed by atoms with E-state index in [-0.39, 0.29) is 23.6 Å². The van der Waals surface area contributed by atoms with Gasteiger partial charge in [0.05, 0.1) is 44.7 Å². The molecule has 0 atom stereocenters. The molecular formula is C26H20N4O4S2. The van der Waals surface area contributed by atoms with Crippen LogP contribution in [-0.2, 0) is 12.8 Å². The van der Waals surface area contributed by atoms with Crippen LogP contribution >= 0.6 is 22.7 Å². The normalized spacial score (nSPS) is 14.1. The lowest BCUT2D eigenvalue weighted by atomic mass is 10.1. The topological polar surface area (TPSA) is 101 Å². The molecule has 0 radical (unpaired) electrons. The van der Waals surface area contributed by atoms with E-state index in [1.165, 1.54) is 32.5 Å². The molecule has 2 aromatic heterocycles. The second-order valence-corrected chi connectivity index (χ2v) is 9.51. The zero-order valence-corrected chi connectivity index (χ0v) is 20.6. The number of hydrogen-bond donors (Lipinski definition) is 0. The number of carbonyl (C=O) groups is 4. The standard InChI is InChI=1S/2C13H10N2O2S/c2*16-12-10-3-1-2-4-11(10)13(17)15(12)6-5-9-7-18-8-14-9/h2*1-4,7-8H,5-6H2. The van der Waals surface area contributed by atoms with Gasteiger partial charge >= 0.3 is 0 Å². The highest BCUT2D eigenvalue weighted by molar-refractivity contribution is 7.07. The molecule has 0 saturated carbocycles. The van der Waals surface area contributed by atoms with Crippen molar-refractivity contribution in [3.8, 4) is 0 Å². The van der Waals surface area contributed by atoms with Gasteiger partial charge in [0.1, 0.15) is 0 Å². The Kier molecular flexibility index (Phi) is 6.79. The number of benzene rings is 2. The molecule has 2 aliphatic heterocycles. The van der Waals surface area contributed by atoms with Gasteiger partial charge in [0.2, 0.25) is 0 Å². The molecule has 2 aromatic carbocycles. The first-order valence-corrected chi connectivity index (χ1v) is 13.1. The van der Waals surface area contributed by atoms with Crippen LogP contribution in [0.15, 0.2) is 70.3 Å². The molecule has 0 aliphatic carbocycles. The summed E-state index contributed by atoms with van der Waals surface area (Å²) in [5.74, 6) is -0.812. The van der Waals surface area contributed by atoms with E-state index in [9.17, 15) is 19.2 Å². The molecule has 10 heteroatoms. The van der Waals surface area contributed by atoms with Gasteiger partial charge in [-0.2, -0.15) is 0 Å². The third-order valence-electron chi connectivity index (χ3n) is 5.91. The van der Waals surface area contributed by atoms with Crippen LogP contribution in [0.3, 0.4) is 0 Å². The monoisotopic (exact) mass is 516 g/mol. The fraction of sp³-hybridized carbons (Fsp3) is 0.154. The maximum atomic E-state index is 12.1. The zero-order valence-electron chi connectivity index (χ0n) is 19.0. The predicted molar refractivity (Wildman–Crippen MR) is 135 cm³/mol. The van der Waals surface area contributed by atoms with E-state index < -0.39 is 0 Å². The second-order valence-electron chi connectivity index (χ2n) is 8.07. The van der Waals surface area contributed by atoms with Crippen molar-refractivity contribution in [2.75, 3.05) is 13.1 Å². The summed E-state index contributed by atoms with van der Waals surface area (Å²) in [6.45, 7) is 0.770. The van der Waals surface area contributed by atoms with Gasteiger partial charge in [-0.25, -0.2) is 9.97 Å². The predicted octanol–water partition coefficient (Wildman–Crippen LogP) is 3.96. The number of aromatic nitrogens is 2. The Labute approximate surface area is 214 Å². The fourth-order valence-electron chi connectivity index (χ4n) is 4.06. The highest BCUT2D eigenvalue weighted by Crippen LogP contribution is 2.23. The Bertz CT molecular complexity index is 1250. The molecule has 0 saturated heterocycles. The van der Waals surface area contributed by atoms with Crippen LogP contribution in [-0.4, -0.2) is 56.5 Å². The number of thiazole rings is 2. The number of nitrogens with zero attached hydrogens (tertiary/aromatic N) is 4. The lowest BCUT2D eigenvalue weighted by molar-refractivity contribution is 0.0640. The molecule has 0 unspecified atom stereocenters. The average molecular weight is 517 g/mol. The molecule has 0 N–H and O–H groups in total. The number of hydrogen-bond acceptors (Lipinski definition) is 8. The molecule has 0 spiro atoms. The first-order chi connectivity index (χ1) is 17.5. The van der Waals surface area contributed by atoms with E-state index in [0.29, 0.717) is 48.2 Å². The Hall–Kier alpha value is -4.02. The van der Waals surface area contributed by atoms with E-state index >= 15 is 0 Å². The van der Waals surface area contributed by atoms with E-state index in [2.05, 4.69) is 9.97 Å². The van der Waals surface area contributed by atoms with Gasteiger partial charge in [-0.3, -0.25) is 29.0 Å². The van der Waals surface area contributed by atoms with Crippen molar-refractivity contribution in [3.63, 3.8) is 0 Å². The minimum Gasteiger partial charge on any atom is -0.274 e. The summed E-state index contributed by atoms with van der Waals surface area (Å²) >= 11 is 3.02. The van der Waals surface area contributed by atoms with E-state index in [4.69, 9.17) is 0 Å².